The Labute approximate surface area is 190 Å². The lowest BCUT2D eigenvalue weighted by molar-refractivity contribution is -0.133. The quantitative estimate of drug-likeness (QED) is 0.600. The van der Waals surface area contributed by atoms with Gasteiger partial charge in [0.1, 0.15) is 0 Å². The van der Waals surface area contributed by atoms with Gasteiger partial charge in [-0.2, -0.15) is 0 Å². The van der Waals surface area contributed by atoms with E-state index in [-0.39, 0.29) is 12.5 Å². The predicted octanol–water partition coefficient (Wildman–Crippen LogP) is 3.54. The Bertz CT molecular complexity index is 990. The molecule has 0 N–H and O–H groups in total. The fourth-order valence-electron chi connectivity index (χ4n) is 3.86. The van der Waals surface area contributed by atoms with Crippen LogP contribution in [0.1, 0.15) is 24.0 Å². The summed E-state index contributed by atoms with van der Waals surface area (Å²) in [7, 11) is -3.47. The minimum Gasteiger partial charge on any atom is -0.340 e. The van der Waals surface area contributed by atoms with Crippen molar-refractivity contribution in [2.24, 2.45) is 0 Å². The molecule has 31 heavy (non-hydrogen) atoms. The lowest BCUT2D eigenvalue weighted by Crippen LogP contribution is -2.48. The van der Waals surface area contributed by atoms with Crippen molar-refractivity contribution in [3.63, 3.8) is 0 Å². The van der Waals surface area contributed by atoms with Crippen LogP contribution < -0.4 is 4.31 Å². The van der Waals surface area contributed by atoms with Crippen molar-refractivity contribution in [1.29, 1.82) is 0 Å². The molecule has 0 saturated carbocycles. The van der Waals surface area contributed by atoms with Crippen LogP contribution in [0.4, 0.5) is 5.69 Å². The Morgan fingerprint density at radius 2 is 1.71 bits per heavy atom. The maximum Gasteiger partial charge on any atom is 0.232 e. The maximum absolute atomic E-state index is 12.7. The van der Waals surface area contributed by atoms with Crippen molar-refractivity contribution < 1.29 is 13.2 Å². The molecule has 2 aromatic rings. The number of piperazine rings is 1. The summed E-state index contributed by atoms with van der Waals surface area (Å²) in [6.45, 7) is 6.04. The Hall–Kier alpha value is -2.09. The van der Waals surface area contributed by atoms with Crippen molar-refractivity contribution in [1.82, 2.24) is 9.80 Å². The molecule has 8 heteroatoms. The molecule has 0 aromatic heterocycles. The summed E-state index contributed by atoms with van der Waals surface area (Å²) >= 11 is 6.17. The van der Waals surface area contributed by atoms with E-state index in [0.29, 0.717) is 36.6 Å². The highest BCUT2D eigenvalue weighted by Crippen LogP contribution is 2.28. The monoisotopic (exact) mass is 463 g/mol. The van der Waals surface area contributed by atoms with Gasteiger partial charge in [-0.05, 0) is 36.6 Å². The average Bonchev–Trinajstić information content (AvgIpc) is 2.74. The summed E-state index contributed by atoms with van der Waals surface area (Å²) in [4.78, 5) is 16.9. The maximum atomic E-state index is 12.7. The fourth-order valence-corrected chi connectivity index (χ4v) is 5.05. The van der Waals surface area contributed by atoms with Crippen LogP contribution in [0.25, 0.3) is 0 Å². The van der Waals surface area contributed by atoms with Gasteiger partial charge < -0.3 is 4.90 Å². The van der Waals surface area contributed by atoms with E-state index in [1.54, 1.807) is 25.1 Å². The molecule has 1 fully saturated rings. The van der Waals surface area contributed by atoms with Crippen LogP contribution in [0.15, 0.2) is 48.5 Å². The molecule has 0 bridgehead atoms. The summed E-state index contributed by atoms with van der Waals surface area (Å²) in [5.41, 5.74) is 2.56. The molecule has 3 rings (SSSR count). The van der Waals surface area contributed by atoms with Crippen molar-refractivity contribution in [3.05, 3.63) is 64.7 Å². The van der Waals surface area contributed by atoms with Gasteiger partial charge >= 0.3 is 0 Å². The van der Waals surface area contributed by atoms with Gasteiger partial charge in [0.25, 0.3) is 0 Å². The molecule has 1 heterocycles. The topological polar surface area (TPSA) is 60.9 Å². The Balaban J connectivity index is 1.50. The van der Waals surface area contributed by atoms with Crippen molar-refractivity contribution >= 4 is 33.2 Å². The number of sulfonamides is 1. The highest BCUT2D eigenvalue weighted by Gasteiger charge is 2.23. The average molecular weight is 464 g/mol. The van der Waals surface area contributed by atoms with Crippen LogP contribution in [0.5, 0.6) is 0 Å². The molecule has 1 aliphatic rings. The fraction of sp³-hybridized carbons (Fsp3) is 0.435. The van der Waals surface area contributed by atoms with Gasteiger partial charge in [0.15, 0.2) is 0 Å². The first-order valence-corrected chi connectivity index (χ1v) is 12.7. The third-order valence-electron chi connectivity index (χ3n) is 5.63. The molecule has 168 valence electrons. The summed E-state index contributed by atoms with van der Waals surface area (Å²) in [5.74, 6) is 0.0793. The van der Waals surface area contributed by atoms with Crippen LogP contribution in [0.2, 0.25) is 5.02 Å². The number of carbonyl (C=O) groups excluding carboxylic acids is 1. The number of carbonyl (C=O) groups is 1. The van der Waals surface area contributed by atoms with Crippen LogP contribution in [0.3, 0.4) is 0 Å². The minimum atomic E-state index is -3.47. The van der Waals surface area contributed by atoms with E-state index in [4.69, 9.17) is 11.6 Å². The van der Waals surface area contributed by atoms with E-state index >= 15 is 0 Å². The molecule has 6 nitrogen and oxygen atoms in total. The first-order valence-electron chi connectivity index (χ1n) is 10.5. The first kappa shape index (κ1) is 23.6. The van der Waals surface area contributed by atoms with Crippen LogP contribution >= 0.6 is 11.6 Å². The zero-order valence-electron chi connectivity index (χ0n) is 18.1. The van der Waals surface area contributed by atoms with Gasteiger partial charge in [-0.1, -0.05) is 48.0 Å². The smallest absolute Gasteiger partial charge is 0.232 e. The first-order chi connectivity index (χ1) is 14.8. The number of anilines is 1. The highest BCUT2D eigenvalue weighted by atomic mass is 35.5. The lowest BCUT2D eigenvalue weighted by Gasteiger charge is -2.35. The van der Waals surface area contributed by atoms with E-state index in [1.807, 2.05) is 23.1 Å². The molecule has 0 unspecified atom stereocenters. The summed E-state index contributed by atoms with van der Waals surface area (Å²) in [6, 6.07) is 15.6. The second-order valence-electron chi connectivity index (χ2n) is 7.97. The van der Waals surface area contributed by atoms with E-state index in [9.17, 15) is 13.2 Å². The predicted molar refractivity (Wildman–Crippen MR) is 126 cm³/mol. The Morgan fingerprint density at radius 1 is 1.03 bits per heavy atom. The lowest BCUT2D eigenvalue weighted by atomic mass is 10.2. The number of rotatable bonds is 8. The van der Waals surface area contributed by atoms with Crippen LogP contribution in [-0.4, -0.2) is 63.1 Å². The van der Waals surface area contributed by atoms with Gasteiger partial charge in [-0.15, -0.1) is 0 Å². The Kier molecular flexibility index (Phi) is 7.97. The van der Waals surface area contributed by atoms with E-state index in [1.165, 1.54) is 16.1 Å². The zero-order valence-corrected chi connectivity index (χ0v) is 19.7. The van der Waals surface area contributed by atoms with Gasteiger partial charge in [0, 0.05) is 50.7 Å². The number of amides is 1. The summed E-state index contributed by atoms with van der Waals surface area (Å²) in [5, 5.41) is 0.524. The van der Waals surface area contributed by atoms with Gasteiger partial charge in [0.2, 0.25) is 15.9 Å². The zero-order chi connectivity index (χ0) is 22.4. The third kappa shape index (κ3) is 6.45. The molecular formula is C23H30ClN3O3S. The van der Waals surface area contributed by atoms with Gasteiger partial charge in [-0.25, -0.2) is 8.42 Å². The summed E-state index contributed by atoms with van der Waals surface area (Å²) in [6.07, 6.45) is 1.97. The highest BCUT2D eigenvalue weighted by molar-refractivity contribution is 7.92. The molecular weight excluding hydrogens is 434 g/mol. The number of hydrogen-bond acceptors (Lipinski definition) is 4. The molecule has 1 aliphatic heterocycles. The van der Waals surface area contributed by atoms with Gasteiger partial charge in [-0.3, -0.25) is 14.0 Å². The van der Waals surface area contributed by atoms with E-state index in [2.05, 4.69) is 17.0 Å². The largest absolute Gasteiger partial charge is 0.340 e. The number of halogens is 1. The normalized spacial score (nSPS) is 15.1. The molecule has 0 radical (unpaired) electrons. The number of benzene rings is 2. The number of hydrogen-bond donors (Lipinski definition) is 0. The molecule has 0 atom stereocenters. The van der Waals surface area contributed by atoms with Crippen LogP contribution in [0, 0.1) is 6.92 Å². The summed E-state index contributed by atoms with van der Waals surface area (Å²) < 4.78 is 26.0. The second kappa shape index (κ2) is 10.5. The van der Waals surface area contributed by atoms with Crippen molar-refractivity contribution in [3.8, 4) is 0 Å². The minimum absolute atomic E-state index is 0.0793. The van der Waals surface area contributed by atoms with Gasteiger partial charge in [0.05, 0.1) is 11.9 Å². The molecule has 2 aromatic carbocycles. The molecule has 0 aliphatic carbocycles. The molecule has 1 saturated heterocycles. The van der Waals surface area contributed by atoms with Crippen molar-refractivity contribution in [2.45, 2.75) is 26.3 Å². The molecule has 0 spiro atoms. The van der Waals surface area contributed by atoms with E-state index in [0.717, 1.165) is 25.2 Å². The second-order valence-corrected chi connectivity index (χ2v) is 10.3. The standard InChI is InChI=1S/C23H30ClN3O3S/c1-19-21(24)10-6-11-22(19)27(31(2,29)30)13-7-12-23(28)26-16-14-25(15-17-26)18-20-8-4-3-5-9-20/h3-6,8-11H,7,12-18H2,1-2H3. The SMILES string of the molecule is Cc1c(Cl)cccc1N(CCCC(=O)N1CCN(Cc2ccccc2)CC1)S(C)(=O)=O. The third-order valence-corrected chi connectivity index (χ3v) is 7.22. The van der Waals surface area contributed by atoms with Crippen LogP contribution in [-0.2, 0) is 21.4 Å². The Morgan fingerprint density at radius 3 is 2.35 bits per heavy atom. The molecule has 1 amide bonds. The van der Waals surface area contributed by atoms with Crippen molar-refractivity contribution in [2.75, 3.05) is 43.3 Å². The number of nitrogens with zero attached hydrogens (tertiary/aromatic N) is 3. The van der Waals surface area contributed by atoms with E-state index < -0.39 is 10.0 Å².